The first-order valence-electron chi connectivity index (χ1n) is 6.59. The van der Waals surface area contributed by atoms with Crippen molar-refractivity contribution in [1.82, 2.24) is 5.32 Å². The van der Waals surface area contributed by atoms with Gasteiger partial charge in [-0.25, -0.2) is 0 Å². The molecule has 102 valence electrons. The van der Waals surface area contributed by atoms with Crippen LogP contribution >= 0.6 is 0 Å². The van der Waals surface area contributed by atoms with Gasteiger partial charge >= 0.3 is 0 Å². The largest absolute Gasteiger partial charge is 0.383 e. The van der Waals surface area contributed by atoms with Crippen molar-refractivity contribution in [3.8, 4) is 0 Å². The molecule has 0 aliphatic carbocycles. The molecule has 1 aromatic carbocycles. The van der Waals surface area contributed by atoms with Crippen molar-refractivity contribution in [2.75, 3.05) is 20.8 Å². The zero-order valence-corrected chi connectivity index (χ0v) is 11.7. The van der Waals surface area contributed by atoms with E-state index in [4.69, 9.17) is 9.47 Å². The average Bonchev–Trinajstić information content (AvgIpc) is 2.37. The molecule has 1 rings (SSSR count). The normalized spacial score (nSPS) is 12.6. The lowest BCUT2D eigenvalue weighted by Gasteiger charge is -2.17. The predicted octanol–water partition coefficient (Wildman–Crippen LogP) is 2.74. The molecule has 1 atom stereocenters. The maximum atomic E-state index is 5.22. The standard InChI is InChI=1S/C15H25NO2/c1-4-6-15(12-18-3)16-10-13-7-5-8-14(9-13)11-17-2/h5,7-9,15-16H,4,6,10-12H2,1-3H3. The first-order valence-corrected chi connectivity index (χ1v) is 6.59. The van der Waals surface area contributed by atoms with Gasteiger partial charge in [0.25, 0.3) is 0 Å². The Morgan fingerprint density at radius 1 is 1.17 bits per heavy atom. The van der Waals surface area contributed by atoms with Crippen LogP contribution in [-0.4, -0.2) is 26.9 Å². The van der Waals surface area contributed by atoms with Crippen LogP contribution in [0, 0.1) is 0 Å². The summed E-state index contributed by atoms with van der Waals surface area (Å²) in [7, 11) is 3.48. The van der Waals surface area contributed by atoms with Gasteiger partial charge in [0, 0.05) is 26.8 Å². The second-order valence-corrected chi connectivity index (χ2v) is 4.57. The summed E-state index contributed by atoms with van der Waals surface area (Å²) in [5, 5.41) is 3.54. The highest BCUT2D eigenvalue weighted by atomic mass is 16.5. The van der Waals surface area contributed by atoms with Gasteiger partial charge in [-0.05, 0) is 17.5 Å². The van der Waals surface area contributed by atoms with Gasteiger partial charge < -0.3 is 14.8 Å². The molecule has 1 aromatic rings. The third-order valence-electron chi connectivity index (χ3n) is 2.90. The Morgan fingerprint density at radius 3 is 2.61 bits per heavy atom. The van der Waals surface area contributed by atoms with Crippen LogP contribution in [0.5, 0.6) is 0 Å². The van der Waals surface area contributed by atoms with Crippen molar-refractivity contribution < 1.29 is 9.47 Å². The van der Waals surface area contributed by atoms with Gasteiger partial charge in [-0.2, -0.15) is 0 Å². The molecule has 0 spiro atoms. The molecule has 0 aliphatic heterocycles. The summed E-state index contributed by atoms with van der Waals surface area (Å²) < 4.78 is 10.4. The van der Waals surface area contributed by atoms with E-state index >= 15 is 0 Å². The van der Waals surface area contributed by atoms with E-state index in [2.05, 4.69) is 36.5 Å². The Morgan fingerprint density at radius 2 is 1.94 bits per heavy atom. The predicted molar refractivity (Wildman–Crippen MR) is 74.6 cm³/mol. The minimum absolute atomic E-state index is 0.436. The molecule has 0 aromatic heterocycles. The van der Waals surface area contributed by atoms with Crippen LogP contribution in [0.3, 0.4) is 0 Å². The van der Waals surface area contributed by atoms with Gasteiger partial charge in [-0.3, -0.25) is 0 Å². The Hall–Kier alpha value is -0.900. The van der Waals surface area contributed by atoms with Crippen molar-refractivity contribution in [1.29, 1.82) is 0 Å². The van der Waals surface area contributed by atoms with Gasteiger partial charge in [0.15, 0.2) is 0 Å². The summed E-state index contributed by atoms with van der Waals surface area (Å²) in [6.07, 6.45) is 2.32. The van der Waals surface area contributed by atoms with Gasteiger partial charge in [-0.1, -0.05) is 37.6 Å². The zero-order valence-electron chi connectivity index (χ0n) is 11.7. The van der Waals surface area contributed by atoms with Crippen LogP contribution in [0.25, 0.3) is 0 Å². The third kappa shape index (κ3) is 5.63. The van der Waals surface area contributed by atoms with Gasteiger partial charge in [-0.15, -0.1) is 0 Å². The molecule has 0 bridgehead atoms. The molecule has 0 saturated carbocycles. The fourth-order valence-corrected chi connectivity index (χ4v) is 2.05. The van der Waals surface area contributed by atoms with Crippen molar-refractivity contribution in [2.45, 2.75) is 39.0 Å². The Kier molecular flexibility index (Phi) is 7.65. The van der Waals surface area contributed by atoms with Crippen LogP contribution in [0.1, 0.15) is 30.9 Å². The lowest BCUT2D eigenvalue weighted by atomic mass is 10.1. The highest BCUT2D eigenvalue weighted by molar-refractivity contribution is 5.22. The van der Waals surface area contributed by atoms with E-state index in [-0.39, 0.29) is 0 Å². The molecule has 3 heteroatoms. The molecule has 18 heavy (non-hydrogen) atoms. The van der Waals surface area contributed by atoms with E-state index in [1.54, 1.807) is 14.2 Å². The minimum atomic E-state index is 0.436. The quantitative estimate of drug-likeness (QED) is 0.732. The number of hydrogen-bond acceptors (Lipinski definition) is 3. The molecule has 1 unspecified atom stereocenters. The second-order valence-electron chi connectivity index (χ2n) is 4.57. The highest BCUT2D eigenvalue weighted by Crippen LogP contribution is 2.07. The van der Waals surface area contributed by atoms with Crippen LogP contribution in [-0.2, 0) is 22.6 Å². The van der Waals surface area contributed by atoms with E-state index in [9.17, 15) is 0 Å². The number of rotatable bonds is 9. The van der Waals surface area contributed by atoms with Crippen LogP contribution < -0.4 is 5.32 Å². The summed E-state index contributed by atoms with van der Waals surface area (Å²) in [4.78, 5) is 0. The molecule has 1 N–H and O–H groups in total. The fraction of sp³-hybridized carbons (Fsp3) is 0.600. The molecule has 0 amide bonds. The second kappa shape index (κ2) is 9.09. The molecular weight excluding hydrogens is 226 g/mol. The van der Waals surface area contributed by atoms with E-state index in [1.807, 2.05) is 0 Å². The number of hydrogen-bond donors (Lipinski definition) is 1. The third-order valence-corrected chi connectivity index (χ3v) is 2.90. The van der Waals surface area contributed by atoms with Crippen LogP contribution in [0.4, 0.5) is 0 Å². The summed E-state index contributed by atoms with van der Waals surface area (Å²) in [6, 6.07) is 8.93. The van der Waals surface area contributed by atoms with Gasteiger partial charge in [0.1, 0.15) is 0 Å². The Balaban J connectivity index is 2.47. The molecule has 0 saturated heterocycles. The number of nitrogens with one attached hydrogen (secondary N) is 1. The van der Waals surface area contributed by atoms with E-state index in [0.717, 1.165) is 19.6 Å². The minimum Gasteiger partial charge on any atom is -0.383 e. The van der Waals surface area contributed by atoms with Gasteiger partial charge in [0.05, 0.1) is 13.2 Å². The highest BCUT2D eigenvalue weighted by Gasteiger charge is 2.06. The number of methoxy groups -OCH3 is 2. The number of ether oxygens (including phenoxy) is 2. The van der Waals surface area contributed by atoms with Crippen molar-refractivity contribution in [2.24, 2.45) is 0 Å². The molecule has 0 fully saturated rings. The molecular formula is C15H25NO2. The maximum Gasteiger partial charge on any atom is 0.0713 e. The summed E-state index contributed by atoms with van der Waals surface area (Å²) in [5.41, 5.74) is 2.51. The summed E-state index contributed by atoms with van der Waals surface area (Å²) in [5.74, 6) is 0. The maximum absolute atomic E-state index is 5.22. The van der Waals surface area contributed by atoms with Crippen molar-refractivity contribution >= 4 is 0 Å². The fourth-order valence-electron chi connectivity index (χ4n) is 2.05. The first kappa shape index (κ1) is 15.2. The molecule has 0 radical (unpaired) electrons. The van der Waals surface area contributed by atoms with E-state index in [0.29, 0.717) is 12.6 Å². The molecule has 3 nitrogen and oxygen atoms in total. The SMILES string of the molecule is CCCC(COC)NCc1cccc(COC)c1. The van der Waals surface area contributed by atoms with Gasteiger partial charge in [0.2, 0.25) is 0 Å². The smallest absolute Gasteiger partial charge is 0.0713 e. The van der Waals surface area contributed by atoms with E-state index in [1.165, 1.54) is 17.5 Å². The first-order chi connectivity index (χ1) is 8.80. The molecule has 0 aliphatic rings. The topological polar surface area (TPSA) is 30.5 Å². The number of benzene rings is 1. The van der Waals surface area contributed by atoms with Crippen molar-refractivity contribution in [3.05, 3.63) is 35.4 Å². The Labute approximate surface area is 110 Å². The lowest BCUT2D eigenvalue weighted by molar-refractivity contribution is 0.161. The van der Waals surface area contributed by atoms with Crippen LogP contribution in [0.2, 0.25) is 0 Å². The van der Waals surface area contributed by atoms with E-state index < -0.39 is 0 Å². The zero-order chi connectivity index (χ0) is 13.2. The monoisotopic (exact) mass is 251 g/mol. The lowest BCUT2D eigenvalue weighted by Crippen LogP contribution is -2.32. The summed E-state index contributed by atoms with van der Waals surface area (Å²) in [6.45, 7) is 4.52. The summed E-state index contributed by atoms with van der Waals surface area (Å²) >= 11 is 0. The van der Waals surface area contributed by atoms with Crippen molar-refractivity contribution in [3.63, 3.8) is 0 Å². The average molecular weight is 251 g/mol. The Bertz CT molecular complexity index is 322. The molecule has 0 heterocycles. The van der Waals surface area contributed by atoms with Crippen LogP contribution in [0.15, 0.2) is 24.3 Å².